The Morgan fingerprint density at radius 2 is 2.16 bits per heavy atom. The number of nitrogens with zero attached hydrogens (tertiary/aromatic N) is 2. The second-order valence-electron chi connectivity index (χ2n) is 3.85. The van der Waals surface area contributed by atoms with Gasteiger partial charge in [-0.25, -0.2) is 4.98 Å². The lowest BCUT2D eigenvalue weighted by atomic mass is 10.3. The molecule has 2 heterocycles. The highest BCUT2D eigenvalue weighted by atomic mass is 32.2. The molecule has 6 heteroatoms. The van der Waals surface area contributed by atoms with Gasteiger partial charge in [-0.1, -0.05) is 11.8 Å². The van der Waals surface area contributed by atoms with Crippen LogP contribution in [0, 0.1) is 0 Å². The lowest BCUT2D eigenvalue weighted by Gasteiger charge is -2.03. The average molecular weight is 292 g/mol. The standard InChI is InChI=1S/C13H12N2O2S2/c1-17-9-2-4-10(5-3-9)19-12-11(8-16)15-6-7-18-13(15)14-12/h2-7,16H,8H2,1H3. The summed E-state index contributed by atoms with van der Waals surface area (Å²) in [6.45, 7) is -0.0175. The highest BCUT2D eigenvalue weighted by Crippen LogP contribution is 2.32. The summed E-state index contributed by atoms with van der Waals surface area (Å²) in [6.07, 6.45) is 1.93. The Hall–Kier alpha value is -1.50. The number of imidazole rings is 1. The smallest absolute Gasteiger partial charge is 0.195 e. The minimum Gasteiger partial charge on any atom is -0.497 e. The van der Waals surface area contributed by atoms with Gasteiger partial charge in [-0.15, -0.1) is 11.3 Å². The average Bonchev–Trinajstić information content (AvgIpc) is 3.00. The number of fused-ring (bicyclic) bond motifs is 1. The van der Waals surface area contributed by atoms with Gasteiger partial charge in [-0.3, -0.25) is 4.40 Å². The van der Waals surface area contributed by atoms with Crippen LogP contribution in [0.4, 0.5) is 0 Å². The normalized spacial score (nSPS) is 11.1. The van der Waals surface area contributed by atoms with Crippen molar-refractivity contribution in [2.75, 3.05) is 7.11 Å². The van der Waals surface area contributed by atoms with Crippen LogP contribution in [0.25, 0.3) is 4.96 Å². The van der Waals surface area contributed by atoms with E-state index in [0.717, 1.165) is 26.3 Å². The molecule has 0 aliphatic heterocycles. The van der Waals surface area contributed by atoms with Crippen molar-refractivity contribution in [1.29, 1.82) is 0 Å². The largest absolute Gasteiger partial charge is 0.497 e. The molecule has 1 aromatic carbocycles. The van der Waals surface area contributed by atoms with E-state index in [2.05, 4.69) is 4.98 Å². The van der Waals surface area contributed by atoms with Crippen LogP contribution in [0.2, 0.25) is 0 Å². The SMILES string of the molecule is COc1ccc(Sc2nc3sccn3c2CO)cc1. The Morgan fingerprint density at radius 1 is 1.37 bits per heavy atom. The molecule has 0 bridgehead atoms. The second kappa shape index (κ2) is 5.24. The Kier molecular flexibility index (Phi) is 3.46. The molecule has 0 amide bonds. The number of thiazole rings is 1. The molecule has 0 spiro atoms. The van der Waals surface area contributed by atoms with E-state index in [1.54, 1.807) is 30.2 Å². The fourth-order valence-electron chi connectivity index (χ4n) is 1.79. The maximum absolute atomic E-state index is 9.49. The first-order valence-corrected chi connectivity index (χ1v) is 7.38. The van der Waals surface area contributed by atoms with E-state index in [-0.39, 0.29) is 6.61 Å². The molecule has 0 aliphatic rings. The quantitative estimate of drug-likeness (QED) is 0.803. The molecule has 0 radical (unpaired) electrons. The van der Waals surface area contributed by atoms with Gasteiger partial charge < -0.3 is 9.84 Å². The van der Waals surface area contributed by atoms with Crippen molar-refractivity contribution in [1.82, 2.24) is 9.38 Å². The lowest BCUT2D eigenvalue weighted by molar-refractivity contribution is 0.272. The molecule has 19 heavy (non-hydrogen) atoms. The summed E-state index contributed by atoms with van der Waals surface area (Å²) in [6, 6.07) is 7.80. The highest BCUT2D eigenvalue weighted by Gasteiger charge is 2.13. The summed E-state index contributed by atoms with van der Waals surface area (Å²) in [7, 11) is 1.65. The number of rotatable bonds is 4. The van der Waals surface area contributed by atoms with Gasteiger partial charge in [0.15, 0.2) is 4.96 Å². The molecular weight excluding hydrogens is 280 g/mol. The van der Waals surface area contributed by atoms with Crippen molar-refractivity contribution in [2.45, 2.75) is 16.5 Å². The maximum Gasteiger partial charge on any atom is 0.195 e. The van der Waals surface area contributed by atoms with Crippen molar-refractivity contribution in [3.63, 3.8) is 0 Å². The number of hydrogen-bond acceptors (Lipinski definition) is 5. The van der Waals surface area contributed by atoms with E-state index in [0.29, 0.717) is 0 Å². The van der Waals surface area contributed by atoms with Gasteiger partial charge in [0, 0.05) is 16.5 Å². The molecule has 0 unspecified atom stereocenters. The van der Waals surface area contributed by atoms with E-state index in [1.165, 1.54) is 0 Å². The summed E-state index contributed by atoms with van der Waals surface area (Å²) in [5.41, 5.74) is 0.831. The molecule has 0 atom stereocenters. The molecule has 0 saturated carbocycles. The molecule has 0 aliphatic carbocycles. The van der Waals surface area contributed by atoms with E-state index in [1.807, 2.05) is 40.2 Å². The molecule has 3 rings (SSSR count). The number of hydrogen-bond donors (Lipinski definition) is 1. The first-order valence-electron chi connectivity index (χ1n) is 5.69. The van der Waals surface area contributed by atoms with Crippen LogP contribution in [0.3, 0.4) is 0 Å². The van der Waals surface area contributed by atoms with Gasteiger partial charge in [0.1, 0.15) is 10.8 Å². The number of aliphatic hydroxyl groups excluding tert-OH is 1. The fraction of sp³-hybridized carbons (Fsp3) is 0.154. The molecule has 0 saturated heterocycles. The zero-order valence-electron chi connectivity index (χ0n) is 10.2. The first kappa shape index (κ1) is 12.5. The van der Waals surface area contributed by atoms with E-state index in [4.69, 9.17) is 4.74 Å². The monoisotopic (exact) mass is 292 g/mol. The van der Waals surface area contributed by atoms with Crippen molar-refractivity contribution in [3.8, 4) is 5.75 Å². The molecule has 2 aromatic heterocycles. The van der Waals surface area contributed by atoms with Crippen LogP contribution in [-0.2, 0) is 6.61 Å². The van der Waals surface area contributed by atoms with Crippen LogP contribution < -0.4 is 4.74 Å². The molecule has 0 fully saturated rings. The van der Waals surface area contributed by atoms with Gasteiger partial charge in [0.25, 0.3) is 0 Å². The zero-order chi connectivity index (χ0) is 13.2. The summed E-state index contributed by atoms with van der Waals surface area (Å²) in [5.74, 6) is 0.831. The van der Waals surface area contributed by atoms with Gasteiger partial charge in [-0.05, 0) is 24.3 Å². The van der Waals surface area contributed by atoms with Gasteiger partial charge >= 0.3 is 0 Å². The van der Waals surface area contributed by atoms with Gasteiger partial charge in [0.2, 0.25) is 0 Å². The number of methoxy groups -OCH3 is 1. The number of aromatic nitrogens is 2. The van der Waals surface area contributed by atoms with Crippen LogP contribution in [0.5, 0.6) is 5.75 Å². The first-order chi connectivity index (χ1) is 9.31. The summed E-state index contributed by atoms with van der Waals surface area (Å²) in [4.78, 5) is 6.51. The molecule has 98 valence electrons. The third-order valence-electron chi connectivity index (χ3n) is 2.75. The zero-order valence-corrected chi connectivity index (χ0v) is 11.9. The molecular formula is C13H12N2O2S2. The molecule has 1 N–H and O–H groups in total. The van der Waals surface area contributed by atoms with Crippen molar-refractivity contribution in [2.24, 2.45) is 0 Å². The third-order valence-corrected chi connectivity index (χ3v) is 4.53. The molecule has 3 aromatic rings. The molecule has 4 nitrogen and oxygen atoms in total. The van der Waals surface area contributed by atoms with E-state index in [9.17, 15) is 5.11 Å². The number of aliphatic hydroxyl groups is 1. The predicted molar refractivity (Wildman–Crippen MR) is 76.1 cm³/mol. The Morgan fingerprint density at radius 3 is 2.84 bits per heavy atom. The van der Waals surface area contributed by atoms with Gasteiger partial charge in [0.05, 0.1) is 19.4 Å². The second-order valence-corrected chi connectivity index (χ2v) is 5.79. The Balaban J connectivity index is 1.93. The predicted octanol–water partition coefficient (Wildman–Crippen LogP) is 3.05. The number of ether oxygens (including phenoxy) is 1. The Labute approximate surface area is 118 Å². The van der Waals surface area contributed by atoms with Crippen LogP contribution in [0.15, 0.2) is 45.8 Å². The van der Waals surface area contributed by atoms with Crippen LogP contribution in [0.1, 0.15) is 5.69 Å². The minimum absolute atomic E-state index is 0.0175. The van der Waals surface area contributed by atoms with E-state index < -0.39 is 0 Å². The lowest BCUT2D eigenvalue weighted by Crippen LogP contribution is -1.90. The van der Waals surface area contributed by atoms with Crippen molar-refractivity contribution < 1.29 is 9.84 Å². The van der Waals surface area contributed by atoms with Crippen LogP contribution in [-0.4, -0.2) is 21.6 Å². The summed E-state index contributed by atoms with van der Waals surface area (Å²) >= 11 is 3.11. The van der Waals surface area contributed by atoms with Crippen molar-refractivity contribution >= 4 is 28.1 Å². The summed E-state index contributed by atoms with van der Waals surface area (Å²) in [5, 5.41) is 12.3. The summed E-state index contributed by atoms with van der Waals surface area (Å²) < 4.78 is 7.06. The van der Waals surface area contributed by atoms with Crippen LogP contribution >= 0.6 is 23.1 Å². The Bertz CT molecular complexity index is 688. The minimum atomic E-state index is -0.0175. The topological polar surface area (TPSA) is 46.8 Å². The third kappa shape index (κ3) is 2.34. The maximum atomic E-state index is 9.49. The fourth-order valence-corrected chi connectivity index (χ4v) is 3.49. The number of benzene rings is 1. The van der Waals surface area contributed by atoms with Crippen molar-refractivity contribution in [3.05, 3.63) is 41.5 Å². The van der Waals surface area contributed by atoms with E-state index >= 15 is 0 Å². The van der Waals surface area contributed by atoms with Gasteiger partial charge in [-0.2, -0.15) is 0 Å². The highest BCUT2D eigenvalue weighted by molar-refractivity contribution is 7.99.